The van der Waals surface area contributed by atoms with E-state index in [0.717, 1.165) is 35.8 Å². The highest BCUT2D eigenvalue weighted by Gasteiger charge is 2.06. The number of aliphatic hydroxyl groups excluding tert-OH is 1. The van der Waals surface area contributed by atoms with Gasteiger partial charge >= 0.3 is 0 Å². The van der Waals surface area contributed by atoms with Crippen molar-refractivity contribution in [2.24, 2.45) is 0 Å². The molecule has 0 aliphatic heterocycles. The number of halogens is 1. The molecule has 1 N–H and O–H groups in total. The highest BCUT2D eigenvalue weighted by atomic mass is 35.5. The Labute approximate surface area is 135 Å². The number of hydrogen-bond acceptors (Lipinski definition) is 4. The van der Waals surface area contributed by atoms with Gasteiger partial charge in [0.15, 0.2) is 0 Å². The van der Waals surface area contributed by atoms with Gasteiger partial charge in [0.2, 0.25) is 0 Å². The van der Waals surface area contributed by atoms with Crippen LogP contribution in [-0.2, 0) is 12.4 Å². The van der Waals surface area contributed by atoms with Gasteiger partial charge in [-0.15, -0.1) is 22.9 Å². The fourth-order valence-corrected chi connectivity index (χ4v) is 3.11. The van der Waals surface area contributed by atoms with Crippen molar-refractivity contribution in [1.82, 2.24) is 9.88 Å². The van der Waals surface area contributed by atoms with Crippen LogP contribution >= 0.6 is 22.9 Å². The molecule has 1 atom stereocenters. The predicted molar refractivity (Wildman–Crippen MR) is 89.7 cm³/mol. The third kappa shape index (κ3) is 5.08. The first-order chi connectivity index (χ1) is 10.1. The van der Waals surface area contributed by atoms with Crippen LogP contribution in [0.3, 0.4) is 0 Å². The first-order valence-corrected chi connectivity index (χ1v) is 8.46. The maximum absolute atomic E-state index is 9.31. The lowest BCUT2D eigenvalue weighted by molar-refractivity contribution is 0.163. The summed E-state index contributed by atoms with van der Waals surface area (Å²) in [4.78, 5) is 6.71. The van der Waals surface area contributed by atoms with Gasteiger partial charge in [-0.25, -0.2) is 4.98 Å². The van der Waals surface area contributed by atoms with Crippen LogP contribution in [0.2, 0.25) is 0 Å². The fraction of sp³-hybridized carbons (Fsp3) is 0.438. The highest BCUT2D eigenvalue weighted by Crippen LogP contribution is 2.24. The number of alkyl halides is 1. The Hall–Kier alpha value is -0.940. The van der Waals surface area contributed by atoms with Crippen LogP contribution in [0, 0.1) is 0 Å². The molecule has 0 fully saturated rings. The second kappa shape index (κ2) is 7.90. The van der Waals surface area contributed by atoms with Gasteiger partial charge in [-0.3, -0.25) is 0 Å². The normalized spacial score (nSPS) is 12.8. The second-order valence-electron chi connectivity index (χ2n) is 5.35. The molecule has 0 aliphatic carbocycles. The van der Waals surface area contributed by atoms with Gasteiger partial charge in [-0.05, 0) is 26.0 Å². The molecule has 1 heterocycles. The van der Waals surface area contributed by atoms with Crippen molar-refractivity contribution < 1.29 is 5.11 Å². The number of thiazole rings is 1. The molecular weight excluding hydrogens is 304 g/mol. The monoisotopic (exact) mass is 324 g/mol. The molecule has 0 saturated heterocycles. The molecule has 3 nitrogen and oxygen atoms in total. The van der Waals surface area contributed by atoms with Crippen LogP contribution in [0.15, 0.2) is 29.6 Å². The number of aliphatic hydroxyl groups is 1. The minimum Gasteiger partial charge on any atom is -0.393 e. The largest absolute Gasteiger partial charge is 0.393 e. The number of rotatable bonds is 7. The van der Waals surface area contributed by atoms with Crippen molar-refractivity contribution in [2.75, 3.05) is 13.6 Å². The zero-order chi connectivity index (χ0) is 15.2. The molecular formula is C16H21ClN2OS. The van der Waals surface area contributed by atoms with Gasteiger partial charge in [0.25, 0.3) is 0 Å². The molecule has 0 amide bonds. The van der Waals surface area contributed by atoms with Crippen LogP contribution in [0.5, 0.6) is 0 Å². The fourth-order valence-electron chi connectivity index (χ4n) is 2.05. The summed E-state index contributed by atoms with van der Waals surface area (Å²) in [5.74, 6) is 0.461. The van der Waals surface area contributed by atoms with Gasteiger partial charge in [0.1, 0.15) is 5.01 Å². The summed E-state index contributed by atoms with van der Waals surface area (Å²) in [6.45, 7) is 3.61. The van der Waals surface area contributed by atoms with Crippen molar-refractivity contribution >= 4 is 22.9 Å². The van der Waals surface area contributed by atoms with Gasteiger partial charge in [-0.1, -0.05) is 24.3 Å². The van der Waals surface area contributed by atoms with Crippen LogP contribution < -0.4 is 0 Å². The van der Waals surface area contributed by atoms with E-state index in [4.69, 9.17) is 11.6 Å². The van der Waals surface area contributed by atoms with E-state index in [1.165, 1.54) is 5.56 Å². The van der Waals surface area contributed by atoms with Gasteiger partial charge in [0.05, 0.1) is 17.7 Å². The van der Waals surface area contributed by atoms with Crippen LogP contribution in [-0.4, -0.2) is 34.7 Å². The molecule has 21 heavy (non-hydrogen) atoms. The molecule has 0 radical (unpaired) electrons. The maximum Gasteiger partial charge on any atom is 0.123 e. The van der Waals surface area contributed by atoms with E-state index in [0.29, 0.717) is 5.88 Å². The van der Waals surface area contributed by atoms with Crippen molar-refractivity contribution in [3.8, 4) is 10.6 Å². The molecule has 2 aromatic rings. The molecule has 0 aliphatic rings. The molecule has 1 aromatic heterocycles. The smallest absolute Gasteiger partial charge is 0.123 e. The molecule has 114 valence electrons. The Balaban J connectivity index is 1.95. The molecule has 5 heteroatoms. The third-order valence-corrected chi connectivity index (χ3v) is 4.48. The van der Waals surface area contributed by atoms with E-state index in [2.05, 4.69) is 41.2 Å². The summed E-state index contributed by atoms with van der Waals surface area (Å²) in [5, 5.41) is 12.3. The number of aromatic nitrogens is 1. The molecule has 1 aromatic carbocycles. The lowest BCUT2D eigenvalue weighted by atomic mass is 10.1. The lowest BCUT2D eigenvalue weighted by Gasteiger charge is -2.17. The van der Waals surface area contributed by atoms with Crippen LogP contribution in [0.1, 0.15) is 24.6 Å². The SMILES string of the molecule is CC(O)CCN(C)Cc1ccc(-c2nc(CCl)cs2)cc1. The Morgan fingerprint density at radius 1 is 1.33 bits per heavy atom. The average molecular weight is 325 g/mol. The summed E-state index contributed by atoms with van der Waals surface area (Å²) in [5.41, 5.74) is 3.33. The predicted octanol–water partition coefficient (Wildman–Crippen LogP) is 3.75. The van der Waals surface area contributed by atoms with E-state index in [-0.39, 0.29) is 6.10 Å². The summed E-state index contributed by atoms with van der Waals surface area (Å²) in [6, 6.07) is 8.48. The van der Waals surface area contributed by atoms with Crippen molar-refractivity contribution in [2.45, 2.75) is 31.9 Å². The minimum atomic E-state index is -0.240. The Morgan fingerprint density at radius 3 is 2.62 bits per heavy atom. The van der Waals surface area contributed by atoms with Gasteiger partial charge < -0.3 is 10.0 Å². The second-order valence-corrected chi connectivity index (χ2v) is 6.48. The molecule has 2 rings (SSSR count). The van der Waals surface area contributed by atoms with E-state index in [1.807, 2.05) is 12.3 Å². The standard InChI is InChI=1S/C16H21ClN2OS/c1-12(20)7-8-19(2)10-13-3-5-14(6-4-13)16-18-15(9-17)11-21-16/h3-6,11-12,20H,7-10H2,1-2H3. The maximum atomic E-state index is 9.31. The number of nitrogens with zero attached hydrogens (tertiary/aromatic N) is 2. The molecule has 0 spiro atoms. The third-order valence-electron chi connectivity index (χ3n) is 3.27. The van der Waals surface area contributed by atoms with Crippen LogP contribution in [0.4, 0.5) is 0 Å². The molecule has 0 bridgehead atoms. The van der Waals surface area contributed by atoms with E-state index in [9.17, 15) is 5.11 Å². The highest BCUT2D eigenvalue weighted by molar-refractivity contribution is 7.13. The first-order valence-electron chi connectivity index (χ1n) is 7.04. The molecule has 0 saturated carbocycles. The zero-order valence-electron chi connectivity index (χ0n) is 12.4. The Kier molecular flexibility index (Phi) is 6.18. The Morgan fingerprint density at radius 2 is 2.05 bits per heavy atom. The van der Waals surface area contributed by atoms with Crippen molar-refractivity contribution in [3.63, 3.8) is 0 Å². The van der Waals surface area contributed by atoms with Crippen molar-refractivity contribution in [1.29, 1.82) is 0 Å². The topological polar surface area (TPSA) is 36.4 Å². The molecule has 1 unspecified atom stereocenters. The van der Waals surface area contributed by atoms with Crippen LogP contribution in [0.25, 0.3) is 10.6 Å². The minimum absolute atomic E-state index is 0.240. The first kappa shape index (κ1) is 16.4. The van der Waals surface area contributed by atoms with E-state index in [1.54, 1.807) is 11.3 Å². The van der Waals surface area contributed by atoms with Crippen molar-refractivity contribution in [3.05, 3.63) is 40.9 Å². The van der Waals surface area contributed by atoms with E-state index < -0.39 is 0 Å². The Bertz CT molecular complexity index is 554. The quantitative estimate of drug-likeness (QED) is 0.788. The van der Waals surface area contributed by atoms with Gasteiger partial charge in [-0.2, -0.15) is 0 Å². The number of hydrogen-bond donors (Lipinski definition) is 1. The summed E-state index contributed by atoms with van der Waals surface area (Å²) < 4.78 is 0. The lowest BCUT2D eigenvalue weighted by Crippen LogP contribution is -2.22. The summed E-state index contributed by atoms with van der Waals surface area (Å²) >= 11 is 7.41. The van der Waals surface area contributed by atoms with Gasteiger partial charge in [0, 0.05) is 24.0 Å². The average Bonchev–Trinajstić information content (AvgIpc) is 2.95. The summed E-state index contributed by atoms with van der Waals surface area (Å²) in [6.07, 6.45) is 0.561. The summed E-state index contributed by atoms with van der Waals surface area (Å²) in [7, 11) is 2.07. The zero-order valence-corrected chi connectivity index (χ0v) is 14.0. The van der Waals surface area contributed by atoms with E-state index >= 15 is 0 Å². The number of benzene rings is 1.